The van der Waals surface area contributed by atoms with Gasteiger partial charge in [-0.15, -0.1) is 5.10 Å². The SMILES string of the molecule is CCCOC(=O)c1ccc(NC(=O)c2ccc(-n3nncc3-c3ccc(C)cc3)cc2)cc1. The number of aryl methyl sites for hydroxylation is 1. The van der Waals surface area contributed by atoms with E-state index in [-0.39, 0.29) is 11.9 Å². The van der Waals surface area contributed by atoms with Crippen LogP contribution in [0, 0.1) is 6.92 Å². The summed E-state index contributed by atoms with van der Waals surface area (Å²) in [6, 6.07) is 21.9. The molecular weight excluding hydrogens is 416 g/mol. The molecule has 166 valence electrons. The van der Waals surface area contributed by atoms with Gasteiger partial charge in [0.15, 0.2) is 0 Å². The smallest absolute Gasteiger partial charge is 0.338 e. The second-order valence-corrected chi connectivity index (χ2v) is 7.61. The monoisotopic (exact) mass is 440 g/mol. The zero-order chi connectivity index (χ0) is 23.2. The van der Waals surface area contributed by atoms with Crippen LogP contribution in [-0.4, -0.2) is 33.5 Å². The first-order chi connectivity index (χ1) is 16.0. The lowest BCUT2D eigenvalue weighted by atomic mass is 10.1. The Kier molecular flexibility index (Phi) is 6.59. The van der Waals surface area contributed by atoms with Gasteiger partial charge in [0, 0.05) is 16.8 Å². The number of benzene rings is 3. The van der Waals surface area contributed by atoms with Crippen LogP contribution in [0.3, 0.4) is 0 Å². The summed E-state index contributed by atoms with van der Waals surface area (Å²) >= 11 is 0. The molecule has 0 spiro atoms. The first-order valence-electron chi connectivity index (χ1n) is 10.7. The van der Waals surface area contributed by atoms with E-state index in [0.717, 1.165) is 23.4 Å². The van der Waals surface area contributed by atoms with Gasteiger partial charge in [-0.2, -0.15) is 0 Å². The molecule has 7 nitrogen and oxygen atoms in total. The zero-order valence-electron chi connectivity index (χ0n) is 18.5. The van der Waals surface area contributed by atoms with Gasteiger partial charge in [0.2, 0.25) is 0 Å². The molecule has 0 saturated carbocycles. The van der Waals surface area contributed by atoms with Crippen LogP contribution in [0.4, 0.5) is 5.69 Å². The summed E-state index contributed by atoms with van der Waals surface area (Å²) in [5, 5.41) is 11.1. The molecule has 0 saturated heterocycles. The van der Waals surface area contributed by atoms with Crippen molar-refractivity contribution in [3.63, 3.8) is 0 Å². The third-order valence-electron chi connectivity index (χ3n) is 5.09. The van der Waals surface area contributed by atoms with Gasteiger partial charge < -0.3 is 10.1 Å². The molecule has 0 unspecified atom stereocenters. The van der Waals surface area contributed by atoms with Crippen molar-refractivity contribution in [1.29, 1.82) is 0 Å². The summed E-state index contributed by atoms with van der Waals surface area (Å²) in [5.74, 6) is -0.622. The Morgan fingerprint density at radius 3 is 2.24 bits per heavy atom. The number of amides is 1. The van der Waals surface area contributed by atoms with Gasteiger partial charge >= 0.3 is 5.97 Å². The molecule has 1 N–H and O–H groups in total. The van der Waals surface area contributed by atoms with Crippen LogP contribution in [0.15, 0.2) is 79.0 Å². The topological polar surface area (TPSA) is 86.1 Å². The Morgan fingerprint density at radius 1 is 0.909 bits per heavy atom. The Balaban J connectivity index is 1.45. The van der Waals surface area contributed by atoms with E-state index in [1.54, 1.807) is 47.3 Å². The summed E-state index contributed by atoms with van der Waals surface area (Å²) in [5.41, 5.74) is 5.40. The number of rotatable bonds is 7. The minimum absolute atomic E-state index is 0.250. The van der Waals surface area contributed by atoms with Crippen LogP contribution in [-0.2, 0) is 4.74 Å². The van der Waals surface area contributed by atoms with Crippen molar-refractivity contribution in [2.75, 3.05) is 11.9 Å². The molecule has 0 atom stereocenters. The number of carbonyl (C=O) groups excluding carboxylic acids is 2. The minimum atomic E-state index is -0.372. The number of anilines is 1. The van der Waals surface area contributed by atoms with E-state index >= 15 is 0 Å². The molecule has 0 aliphatic rings. The van der Waals surface area contributed by atoms with E-state index in [1.165, 1.54) is 5.56 Å². The lowest BCUT2D eigenvalue weighted by molar-refractivity contribution is 0.0505. The maximum Gasteiger partial charge on any atom is 0.338 e. The van der Waals surface area contributed by atoms with Gasteiger partial charge in [0.1, 0.15) is 0 Å². The molecular formula is C26H24N4O3. The molecule has 0 aliphatic carbocycles. The van der Waals surface area contributed by atoms with Crippen molar-refractivity contribution in [1.82, 2.24) is 15.0 Å². The van der Waals surface area contributed by atoms with Crippen LogP contribution in [0.5, 0.6) is 0 Å². The number of aromatic nitrogens is 3. The maximum absolute atomic E-state index is 12.7. The molecule has 4 aromatic rings. The lowest BCUT2D eigenvalue weighted by Gasteiger charge is -2.09. The Labute approximate surface area is 192 Å². The average Bonchev–Trinajstić information content (AvgIpc) is 3.33. The number of esters is 1. The zero-order valence-corrected chi connectivity index (χ0v) is 18.5. The van der Waals surface area contributed by atoms with Crippen LogP contribution < -0.4 is 5.32 Å². The van der Waals surface area contributed by atoms with E-state index in [1.807, 2.05) is 50.2 Å². The van der Waals surface area contributed by atoms with Crippen molar-refractivity contribution in [3.8, 4) is 16.9 Å². The molecule has 7 heteroatoms. The number of nitrogens with one attached hydrogen (secondary N) is 1. The summed E-state index contributed by atoms with van der Waals surface area (Å²) < 4.78 is 6.85. The Bertz CT molecular complexity index is 1240. The van der Waals surface area contributed by atoms with Gasteiger partial charge in [0.25, 0.3) is 5.91 Å². The van der Waals surface area contributed by atoms with E-state index in [4.69, 9.17) is 4.74 Å². The largest absolute Gasteiger partial charge is 0.462 e. The fraction of sp³-hybridized carbons (Fsp3) is 0.154. The van der Waals surface area contributed by atoms with Gasteiger partial charge in [-0.3, -0.25) is 4.79 Å². The molecule has 1 aromatic heterocycles. The molecule has 1 amide bonds. The molecule has 0 aliphatic heterocycles. The van der Waals surface area contributed by atoms with Crippen molar-refractivity contribution in [2.45, 2.75) is 20.3 Å². The van der Waals surface area contributed by atoms with E-state index in [2.05, 4.69) is 15.6 Å². The van der Waals surface area contributed by atoms with Gasteiger partial charge in [-0.1, -0.05) is 42.0 Å². The van der Waals surface area contributed by atoms with Crippen LogP contribution >= 0.6 is 0 Å². The third kappa shape index (κ3) is 5.15. The number of hydrogen-bond acceptors (Lipinski definition) is 5. The highest BCUT2D eigenvalue weighted by atomic mass is 16.5. The second-order valence-electron chi connectivity index (χ2n) is 7.61. The normalized spacial score (nSPS) is 10.6. The van der Waals surface area contributed by atoms with Crippen molar-refractivity contribution >= 4 is 17.6 Å². The minimum Gasteiger partial charge on any atom is -0.462 e. The molecule has 1 heterocycles. The van der Waals surface area contributed by atoms with Gasteiger partial charge in [-0.05, 0) is 61.9 Å². The summed E-state index contributed by atoms with van der Waals surface area (Å²) in [4.78, 5) is 24.6. The van der Waals surface area contributed by atoms with Gasteiger partial charge in [0.05, 0.1) is 29.7 Å². The van der Waals surface area contributed by atoms with Crippen LogP contribution in [0.25, 0.3) is 16.9 Å². The predicted molar refractivity (Wildman–Crippen MR) is 127 cm³/mol. The summed E-state index contributed by atoms with van der Waals surface area (Å²) in [7, 11) is 0. The average molecular weight is 441 g/mol. The van der Waals surface area contributed by atoms with E-state index < -0.39 is 0 Å². The molecule has 4 rings (SSSR count). The lowest BCUT2D eigenvalue weighted by Crippen LogP contribution is -2.12. The molecule has 0 radical (unpaired) electrons. The van der Waals surface area contributed by atoms with Crippen LogP contribution in [0.2, 0.25) is 0 Å². The second kappa shape index (κ2) is 9.91. The number of nitrogens with zero attached hydrogens (tertiary/aromatic N) is 3. The highest BCUT2D eigenvalue weighted by Gasteiger charge is 2.12. The molecule has 0 bridgehead atoms. The summed E-state index contributed by atoms with van der Waals surface area (Å²) in [6.45, 7) is 4.36. The fourth-order valence-corrected chi connectivity index (χ4v) is 3.27. The number of hydrogen-bond donors (Lipinski definition) is 1. The summed E-state index contributed by atoms with van der Waals surface area (Å²) in [6.07, 6.45) is 2.48. The van der Waals surface area contributed by atoms with Crippen molar-refractivity contribution in [3.05, 3.63) is 95.7 Å². The first-order valence-corrected chi connectivity index (χ1v) is 10.7. The van der Waals surface area contributed by atoms with E-state index in [9.17, 15) is 9.59 Å². The number of carbonyl (C=O) groups is 2. The third-order valence-corrected chi connectivity index (χ3v) is 5.09. The van der Waals surface area contributed by atoms with E-state index in [0.29, 0.717) is 23.4 Å². The highest BCUT2D eigenvalue weighted by molar-refractivity contribution is 6.04. The first kappa shape index (κ1) is 22.0. The fourth-order valence-electron chi connectivity index (χ4n) is 3.27. The standard InChI is InChI=1S/C26H24N4O3/c1-3-16-33-26(32)21-8-12-22(13-9-21)28-25(31)20-10-14-23(15-11-20)30-24(17-27-29-30)19-6-4-18(2)5-7-19/h4-15,17H,3,16H2,1-2H3,(H,28,31). The molecule has 33 heavy (non-hydrogen) atoms. The van der Waals surface area contributed by atoms with Crippen LogP contribution in [0.1, 0.15) is 39.6 Å². The predicted octanol–water partition coefficient (Wildman–Crippen LogP) is 5.06. The van der Waals surface area contributed by atoms with Gasteiger partial charge in [-0.25, -0.2) is 9.48 Å². The molecule has 0 fully saturated rings. The Hall–Kier alpha value is -4.26. The highest BCUT2D eigenvalue weighted by Crippen LogP contribution is 2.22. The van der Waals surface area contributed by atoms with Crippen molar-refractivity contribution in [2.24, 2.45) is 0 Å². The quantitative estimate of drug-likeness (QED) is 0.406. The van der Waals surface area contributed by atoms with Crippen molar-refractivity contribution < 1.29 is 14.3 Å². The number of ether oxygens (including phenoxy) is 1. The maximum atomic E-state index is 12.7. The molecule has 3 aromatic carbocycles. The Morgan fingerprint density at radius 2 is 1.58 bits per heavy atom.